The normalized spacial score (nSPS) is 15.0. The van der Waals surface area contributed by atoms with Gasteiger partial charge in [0.2, 0.25) is 5.82 Å². The number of nitrogens with two attached hydrogens (primary N) is 2. The molecule has 1 aromatic carbocycles. The summed E-state index contributed by atoms with van der Waals surface area (Å²) in [4.78, 5) is 16.6. The number of rotatable bonds is 6. The van der Waals surface area contributed by atoms with Gasteiger partial charge in [-0.15, -0.1) is 0 Å². The molecule has 3 rings (SSSR count). The van der Waals surface area contributed by atoms with Gasteiger partial charge in [-0.25, -0.2) is 18.2 Å². The molecule has 0 fully saturated rings. The summed E-state index contributed by atoms with van der Waals surface area (Å²) < 4.78 is 80.8. The van der Waals surface area contributed by atoms with E-state index in [9.17, 15) is 31.1 Å². The van der Waals surface area contributed by atoms with Gasteiger partial charge >= 0.3 is 6.18 Å². The van der Waals surface area contributed by atoms with Crippen LogP contribution in [0.4, 0.5) is 26.3 Å². The monoisotopic (exact) mass is 447 g/mol. The Labute approximate surface area is 173 Å². The number of imidazole rings is 1. The molecule has 0 saturated carbocycles. The molecule has 1 amide bonds. The number of amides is 1. The van der Waals surface area contributed by atoms with Gasteiger partial charge in [0.25, 0.3) is 5.91 Å². The quantitative estimate of drug-likeness (QED) is 0.527. The Bertz CT molecular complexity index is 1030. The summed E-state index contributed by atoms with van der Waals surface area (Å²) in [5.74, 6) is -5.74. The third-order valence-corrected chi connectivity index (χ3v) is 5.01. The molecule has 1 aromatic heterocycles. The van der Waals surface area contributed by atoms with Crippen LogP contribution in [0, 0.1) is 17.5 Å². The van der Waals surface area contributed by atoms with Crippen molar-refractivity contribution in [3.63, 3.8) is 0 Å². The second kappa shape index (κ2) is 8.25. The number of nitrogens with zero attached hydrogens (tertiary/aromatic N) is 3. The van der Waals surface area contributed by atoms with E-state index in [4.69, 9.17) is 11.5 Å². The van der Waals surface area contributed by atoms with Crippen LogP contribution in [0.1, 0.15) is 34.0 Å². The molecule has 1 aliphatic rings. The summed E-state index contributed by atoms with van der Waals surface area (Å²) in [7, 11) is 0. The highest BCUT2D eigenvalue weighted by Crippen LogP contribution is 2.33. The Kier molecular flexibility index (Phi) is 6.03. The average Bonchev–Trinajstić information content (AvgIpc) is 3.05. The van der Waals surface area contributed by atoms with E-state index in [0.29, 0.717) is 11.8 Å². The summed E-state index contributed by atoms with van der Waals surface area (Å²) in [6.07, 6.45) is -4.76. The summed E-state index contributed by atoms with van der Waals surface area (Å²) >= 11 is 0. The molecule has 0 spiro atoms. The Morgan fingerprint density at radius 3 is 2.42 bits per heavy atom. The molecule has 0 radical (unpaired) electrons. The van der Waals surface area contributed by atoms with Gasteiger partial charge < -0.3 is 20.9 Å². The molecular formula is C19H19F6N5O. The van der Waals surface area contributed by atoms with Gasteiger partial charge in [0.1, 0.15) is 5.82 Å². The zero-order chi connectivity index (χ0) is 23.1. The summed E-state index contributed by atoms with van der Waals surface area (Å²) in [6, 6.07) is 0.437. The first kappa shape index (κ1) is 22.7. The van der Waals surface area contributed by atoms with Crippen LogP contribution in [0.5, 0.6) is 0 Å². The minimum absolute atomic E-state index is 0.00689. The maximum absolute atomic E-state index is 13.8. The fraction of sp³-hybridized carbons (Fsp3) is 0.368. The molecule has 2 aromatic rings. The predicted octanol–water partition coefficient (Wildman–Crippen LogP) is 2.71. The Hall–Kier alpha value is -3.02. The summed E-state index contributed by atoms with van der Waals surface area (Å²) in [5, 5.41) is 0. The highest BCUT2D eigenvalue weighted by molar-refractivity contribution is 5.92. The highest BCUT2D eigenvalue weighted by atomic mass is 19.4. The molecule has 1 aliphatic heterocycles. The Morgan fingerprint density at radius 1 is 1.16 bits per heavy atom. The van der Waals surface area contributed by atoms with E-state index in [1.54, 1.807) is 4.90 Å². The van der Waals surface area contributed by atoms with Crippen molar-refractivity contribution in [1.82, 2.24) is 14.5 Å². The van der Waals surface area contributed by atoms with E-state index < -0.39 is 47.1 Å². The van der Waals surface area contributed by atoms with Crippen LogP contribution in [0.2, 0.25) is 0 Å². The first-order valence-electron chi connectivity index (χ1n) is 9.16. The van der Waals surface area contributed by atoms with Crippen LogP contribution < -0.4 is 11.5 Å². The molecule has 12 heteroatoms. The third-order valence-electron chi connectivity index (χ3n) is 5.01. The molecule has 31 heavy (non-hydrogen) atoms. The molecule has 168 valence electrons. The van der Waals surface area contributed by atoms with Crippen LogP contribution in [0.15, 0.2) is 24.4 Å². The van der Waals surface area contributed by atoms with Gasteiger partial charge in [-0.1, -0.05) is 6.58 Å². The number of fused-ring (bicyclic) bond motifs is 1. The summed E-state index contributed by atoms with van der Waals surface area (Å²) in [5.41, 5.74) is 11.0. The van der Waals surface area contributed by atoms with Crippen LogP contribution in [-0.2, 0) is 25.7 Å². The molecule has 2 heterocycles. The second-order valence-corrected chi connectivity index (χ2v) is 7.26. The molecule has 0 unspecified atom stereocenters. The lowest BCUT2D eigenvalue weighted by molar-refractivity contribution is -0.147. The second-order valence-electron chi connectivity index (χ2n) is 7.26. The Balaban J connectivity index is 1.73. The van der Waals surface area contributed by atoms with Crippen molar-refractivity contribution in [2.24, 2.45) is 11.5 Å². The van der Waals surface area contributed by atoms with Crippen LogP contribution in [0.3, 0.4) is 0 Å². The van der Waals surface area contributed by atoms with E-state index >= 15 is 0 Å². The van der Waals surface area contributed by atoms with Crippen LogP contribution >= 0.6 is 0 Å². The maximum Gasteiger partial charge on any atom is 0.449 e. The van der Waals surface area contributed by atoms with Gasteiger partial charge in [-0.05, 0) is 18.1 Å². The minimum atomic E-state index is -4.75. The molecule has 0 saturated heterocycles. The number of hydrogen-bond acceptors (Lipinski definition) is 4. The van der Waals surface area contributed by atoms with E-state index in [1.807, 2.05) is 0 Å². The van der Waals surface area contributed by atoms with Gasteiger partial charge in [0, 0.05) is 37.3 Å². The minimum Gasteiger partial charge on any atom is -0.368 e. The van der Waals surface area contributed by atoms with E-state index in [2.05, 4.69) is 11.6 Å². The molecule has 0 bridgehead atoms. The third kappa shape index (κ3) is 4.68. The van der Waals surface area contributed by atoms with Crippen molar-refractivity contribution < 1.29 is 31.1 Å². The number of carbonyl (C=O) groups is 1. The lowest BCUT2D eigenvalue weighted by atomic mass is 10.0. The number of primary amides is 1. The van der Waals surface area contributed by atoms with Crippen molar-refractivity contribution in [3.05, 3.63) is 64.6 Å². The van der Waals surface area contributed by atoms with Crippen molar-refractivity contribution in [2.45, 2.75) is 38.1 Å². The molecule has 6 nitrogen and oxygen atoms in total. The first-order valence-corrected chi connectivity index (χ1v) is 9.16. The standard InChI is InChI=1S/C19H19F6N5O/c1-9(4-11(26)5-10-6-13(21)14(22)7-12(10)20)29-2-3-30-15(8-29)16(17(27)31)28-18(30)19(23,24)25/h6-7,11H,1-5,8,26H2,(H2,27,31)/t11-/m0/s1. The average molecular weight is 447 g/mol. The number of aromatic nitrogens is 2. The van der Waals surface area contributed by atoms with Crippen LogP contribution in [0.25, 0.3) is 0 Å². The maximum atomic E-state index is 13.8. The number of hydrogen-bond donors (Lipinski definition) is 2. The topological polar surface area (TPSA) is 90.2 Å². The highest BCUT2D eigenvalue weighted by Gasteiger charge is 2.41. The lowest BCUT2D eigenvalue weighted by Gasteiger charge is -2.33. The van der Waals surface area contributed by atoms with Crippen LogP contribution in [-0.4, -0.2) is 32.9 Å². The Morgan fingerprint density at radius 2 is 1.81 bits per heavy atom. The van der Waals surface area contributed by atoms with E-state index in [0.717, 1.165) is 10.6 Å². The summed E-state index contributed by atoms with van der Waals surface area (Å²) in [6.45, 7) is 3.78. The van der Waals surface area contributed by atoms with Gasteiger partial charge in [0.05, 0.1) is 12.2 Å². The zero-order valence-corrected chi connectivity index (χ0v) is 16.1. The molecule has 4 N–H and O–H groups in total. The fourth-order valence-electron chi connectivity index (χ4n) is 3.56. The van der Waals surface area contributed by atoms with Crippen molar-refractivity contribution in [2.75, 3.05) is 6.54 Å². The van der Waals surface area contributed by atoms with Gasteiger partial charge in [-0.3, -0.25) is 4.79 Å². The molecular weight excluding hydrogens is 428 g/mol. The smallest absolute Gasteiger partial charge is 0.368 e. The largest absolute Gasteiger partial charge is 0.449 e. The molecule has 1 atom stereocenters. The molecule has 0 aliphatic carbocycles. The fourth-order valence-corrected chi connectivity index (χ4v) is 3.56. The van der Waals surface area contributed by atoms with Crippen molar-refractivity contribution >= 4 is 5.91 Å². The van der Waals surface area contributed by atoms with E-state index in [-0.39, 0.29) is 43.7 Å². The number of alkyl halides is 3. The van der Waals surface area contributed by atoms with Crippen molar-refractivity contribution in [3.8, 4) is 0 Å². The lowest BCUT2D eigenvalue weighted by Crippen LogP contribution is -2.37. The number of halogens is 6. The van der Waals surface area contributed by atoms with Gasteiger partial charge in [-0.2, -0.15) is 13.2 Å². The zero-order valence-electron chi connectivity index (χ0n) is 16.1. The number of benzene rings is 1. The SMILES string of the molecule is C=C(C[C@H](N)Cc1cc(F)c(F)cc1F)N1CCn2c(C(F)(F)F)nc(C(N)=O)c2C1. The van der Waals surface area contributed by atoms with Crippen molar-refractivity contribution in [1.29, 1.82) is 0 Å². The van der Waals surface area contributed by atoms with Gasteiger partial charge in [0.15, 0.2) is 17.3 Å². The van der Waals surface area contributed by atoms with E-state index in [1.165, 1.54) is 0 Å². The first-order chi connectivity index (χ1) is 14.4. The predicted molar refractivity (Wildman–Crippen MR) is 97.9 cm³/mol. The number of carbonyl (C=O) groups excluding carboxylic acids is 1.